The van der Waals surface area contributed by atoms with Crippen LogP contribution in [-0.4, -0.2) is 69.6 Å². The third-order valence-electron chi connectivity index (χ3n) is 10.2. The minimum Gasteiger partial charge on any atom is -0.504 e. The molecule has 2 bridgehead atoms. The van der Waals surface area contributed by atoms with Crippen molar-refractivity contribution in [2.24, 2.45) is 0 Å². The van der Waals surface area contributed by atoms with Crippen molar-refractivity contribution in [1.29, 1.82) is 0 Å². The lowest BCUT2D eigenvalue weighted by molar-refractivity contribution is -0.606. The average molecular weight is 651 g/mol. The molecule has 0 radical (unpaired) electrons. The Balaban J connectivity index is 1.27. The Bertz CT molecular complexity index is 1590. The smallest absolute Gasteiger partial charge is 0.251 e. The highest BCUT2D eigenvalue weighted by molar-refractivity contribution is 9.10. The summed E-state index contributed by atoms with van der Waals surface area (Å²) in [7, 11) is 1.76. The molecule has 8 nitrogen and oxygen atoms in total. The zero-order valence-electron chi connectivity index (χ0n) is 23.2. The number of nitro groups is 1. The number of thiophene rings is 1. The van der Waals surface area contributed by atoms with Gasteiger partial charge >= 0.3 is 0 Å². The van der Waals surface area contributed by atoms with Crippen molar-refractivity contribution in [3.05, 3.63) is 96.1 Å². The first-order valence-electron chi connectivity index (χ1n) is 14.4. The zero-order valence-corrected chi connectivity index (χ0v) is 25.6. The Hall–Kier alpha value is -3.21. The summed E-state index contributed by atoms with van der Waals surface area (Å²) >= 11 is 4.99. The molecule has 0 unspecified atom stereocenters. The van der Waals surface area contributed by atoms with E-state index in [-0.39, 0.29) is 28.7 Å². The van der Waals surface area contributed by atoms with Gasteiger partial charge in [0, 0.05) is 51.3 Å². The highest BCUT2D eigenvalue weighted by atomic mass is 79.9. The van der Waals surface area contributed by atoms with Crippen molar-refractivity contribution in [3.8, 4) is 11.5 Å². The molecule has 42 heavy (non-hydrogen) atoms. The maximum Gasteiger partial charge on any atom is 0.251 e. The van der Waals surface area contributed by atoms with Crippen LogP contribution in [0.15, 0.2) is 64.5 Å². The van der Waals surface area contributed by atoms with Gasteiger partial charge in [0.05, 0.1) is 12.1 Å². The number of carbonyl (C=O) groups is 1. The lowest BCUT2D eigenvalue weighted by atomic mass is 9.46. The zero-order chi connectivity index (χ0) is 29.2. The number of phenolic OH excluding ortho intramolecular Hbond substituents is 1. The molecule has 1 aromatic heterocycles. The van der Waals surface area contributed by atoms with Crippen LogP contribution in [0.3, 0.4) is 0 Å². The predicted octanol–water partition coefficient (Wildman–Crippen LogP) is 5.44. The van der Waals surface area contributed by atoms with Gasteiger partial charge in [-0.05, 0) is 77.5 Å². The fourth-order valence-corrected chi connectivity index (χ4v) is 9.75. The van der Waals surface area contributed by atoms with Crippen molar-refractivity contribution in [1.82, 2.24) is 9.80 Å². The number of halogens is 1. The molecule has 1 saturated heterocycles. The summed E-state index contributed by atoms with van der Waals surface area (Å²) in [6.45, 7) is 1.43. The van der Waals surface area contributed by atoms with Crippen LogP contribution in [0, 0.1) is 10.1 Å². The van der Waals surface area contributed by atoms with Gasteiger partial charge in [-0.3, -0.25) is 19.8 Å². The summed E-state index contributed by atoms with van der Waals surface area (Å²) in [5.74, 6) is 0.202. The van der Waals surface area contributed by atoms with Crippen LogP contribution in [0.25, 0.3) is 6.08 Å². The molecular formula is C32H32BrN3O5S. The number of hydrogen-bond donors (Lipinski definition) is 1. The van der Waals surface area contributed by atoms with Crippen LogP contribution >= 0.6 is 27.3 Å². The van der Waals surface area contributed by atoms with E-state index in [0.717, 1.165) is 33.4 Å². The van der Waals surface area contributed by atoms with Gasteiger partial charge in [0.15, 0.2) is 11.5 Å². The molecule has 1 N–H and O–H groups in total. The summed E-state index contributed by atoms with van der Waals surface area (Å²) in [5.41, 5.74) is 0.803. The standard InChI is InChI=1S/C32H32BrN3O5S/c1-34(27(38)10-8-23-18-22(33)19-42-23)24-11-13-32(36(39)40)26-17-21-7-9-25(37)29-28(21)31(32,30(24)41-29)14-16-35(26)15-12-20-5-3-2-4-6-20/h2-10,18-19,24,26,30,37H,11-17H2,1H3/b10-8+/t24-,26+,30-,31-,32+/m0/s1. The van der Waals surface area contributed by atoms with Gasteiger partial charge in [-0.2, -0.15) is 0 Å². The largest absolute Gasteiger partial charge is 0.504 e. The van der Waals surface area contributed by atoms with Crippen LogP contribution in [0.2, 0.25) is 0 Å². The third-order valence-corrected chi connectivity index (χ3v) is 11.9. The van der Waals surface area contributed by atoms with Gasteiger partial charge in [0.25, 0.3) is 5.54 Å². The van der Waals surface area contributed by atoms with Gasteiger partial charge < -0.3 is 14.7 Å². The molecule has 1 amide bonds. The minimum atomic E-state index is -1.28. The van der Waals surface area contributed by atoms with Crippen molar-refractivity contribution in [2.75, 3.05) is 20.1 Å². The summed E-state index contributed by atoms with van der Waals surface area (Å²) in [5, 5.41) is 26.3. The molecule has 3 aromatic rings. The monoisotopic (exact) mass is 649 g/mol. The first-order chi connectivity index (χ1) is 20.3. The number of nitrogens with zero attached hydrogens (tertiary/aromatic N) is 3. The van der Waals surface area contributed by atoms with E-state index in [1.165, 1.54) is 16.9 Å². The molecule has 218 valence electrons. The van der Waals surface area contributed by atoms with Crippen molar-refractivity contribution in [2.45, 2.75) is 61.2 Å². The molecular weight excluding hydrogens is 618 g/mol. The van der Waals surface area contributed by atoms with Crippen LogP contribution in [0.4, 0.5) is 0 Å². The summed E-state index contributed by atoms with van der Waals surface area (Å²) in [4.78, 5) is 31.8. The van der Waals surface area contributed by atoms with E-state index in [1.54, 1.807) is 30.2 Å². The van der Waals surface area contributed by atoms with E-state index in [2.05, 4.69) is 33.0 Å². The number of likely N-dealkylation sites (tertiary alicyclic amines) is 1. The maximum atomic E-state index is 13.5. The second-order valence-corrected chi connectivity index (χ2v) is 13.8. The number of rotatable bonds is 7. The molecule has 2 fully saturated rings. The lowest BCUT2D eigenvalue weighted by Crippen LogP contribution is -2.80. The number of ether oxygens (including phenoxy) is 1. The topological polar surface area (TPSA) is 96.2 Å². The quantitative estimate of drug-likeness (QED) is 0.208. The number of benzene rings is 2. The van der Waals surface area contributed by atoms with Crippen LogP contribution in [-0.2, 0) is 23.1 Å². The van der Waals surface area contributed by atoms with E-state index < -0.39 is 17.1 Å². The Morgan fingerprint density at radius 1 is 1.29 bits per heavy atom. The van der Waals surface area contributed by atoms with Gasteiger partial charge in [0.2, 0.25) is 5.91 Å². The molecule has 2 aliphatic carbocycles. The number of aromatic hydroxyl groups is 1. The Labute approximate surface area is 256 Å². The molecule has 1 spiro atoms. The number of likely N-dealkylation sites (N-methyl/N-ethyl adjacent to an activating group) is 1. The fraction of sp³-hybridized carbons (Fsp3) is 0.406. The second kappa shape index (κ2) is 10.2. The van der Waals surface area contributed by atoms with Gasteiger partial charge in [0.1, 0.15) is 11.5 Å². The first-order valence-corrected chi connectivity index (χ1v) is 16.1. The lowest BCUT2D eigenvalue weighted by Gasteiger charge is -2.61. The Kier molecular flexibility index (Phi) is 6.71. The van der Waals surface area contributed by atoms with E-state index in [4.69, 9.17) is 4.74 Å². The molecule has 7 rings (SSSR count). The Morgan fingerprint density at radius 3 is 2.83 bits per heavy atom. The third kappa shape index (κ3) is 3.91. The summed E-state index contributed by atoms with van der Waals surface area (Å²) < 4.78 is 7.57. The second-order valence-electron chi connectivity index (χ2n) is 11.9. The van der Waals surface area contributed by atoms with Crippen LogP contribution < -0.4 is 4.74 Å². The number of amides is 1. The van der Waals surface area contributed by atoms with E-state index in [0.29, 0.717) is 38.0 Å². The highest BCUT2D eigenvalue weighted by Gasteiger charge is 2.80. The number of phenols is 1. The molecule has 4 aliphatic rings. The number of hydrogen-bond acceptors (Lipinski definition) is 7. The Morgan fingerprint density at radius 2 is 2.10 bits per heavy atom. The van der Waals surface area contributed by atoms with Gasteiger partial charge in [-0.15, -0.1) is 11.3 Å². The molecule has 1 saturated carbocycles. The number of carbonyl (C=O) groups excluding carboxylic acids is 1. The van der Waals surface area contributed by atoms with Crippen molar-refractivity contribution in [3.63, 3.8) is 0 Å². The molecule has 2 aliphatic heterocycles. The minimum absolute atomic E-state index is 0.00984. The van der Waals surface area contributed by atoms with E-state index in [9.17, 15) is 20.0 Å². The molecule has 10 heteroatoms. The average Bonchev–Trinajstić information content (AvgIpc) is 3.57. The normalized spacial score (nSPS) is 29.2. The summed E-state index contributed by atoms with van der Waals surface area (Å²) in [6.07, 6.45) is 5.40. The highest BCUT2D eigenvalue weighted by Crippen LogP contribution is 2.66. The van der Waals surface area contributed by atoms with Crippen LogP contribution in [0.5, 0.6) is 11.5 Å². The molecule has 3 heterocycles. The first kappa shape index (κ1) is 27.6. The predicted molar refractivity (Wildman–Crippen MR) is 165 cm³/mol. The van der Waals surface area contributed by atoms with Crippen LogP contribution in [0.1, 0.15) is 40.8 Å². The van der Waals surface area contributed by atoms with Gasteiger partial charge in [-0.25, -0.2) is 0 Å². The SMILES string of the molecule is CN(C(=O)/C=C/c1cc(Br)cs1)[C@H]1CC[C@@]2([N+](=O)[O-])[C@H]3Cc4ccc(O)c5c4[C@@]2(CCN3CCc2ccccc2)[C@H]1O5. The van der Waals surface area contributed by atoms with E-state index in [1.807, 2.05) is 35.7 Å². The summed E-state index contributed by atoms with van der Waals surface area (Å²) in [6, 6.07) is 15.1. The fourth-order valence-electron chi connectivity index (χ4n) is 8.41. The van der Waals surface area contributed by atoms with E-state index >= 15 is 0 Å². The van der Waals surface area contributed by atoms with Crippen molar-refractivity contribution < 1.29 is 19.6 Å². The number of piperidine rings is 1. The van der Waals surface area contributed by atoms with Gasteiger partial charge in [-0.1, -0.05) is 36.4 Å². The molecule has 2 aromatic carbocycles. The van der Waals surface area contributed by atoms with Crippen molar-refractivity contribution >= 4 is 39.2 Å². The maximum absolute atomic E-state index is 13.5. The molecule has 5 atom stereocenters.